The van der Waals surface area contributed by atoms with Crippen LogP contribution in [-0.4, -0.2) is 4.98 Å². The number of oxazole rings is 1. The second-order valence-corrected chi connectivity index (χ2v) is 3.83. The fraction of sp³-hybridized carbons (Fsp3) is 0.263. The van der Waals surface area contributed by atoms with E-state index >= 15 is 0 Å². The van der Waals surface area contributed by atoms with Gasteiger partial charge in [0.1, 0.15) is 6.07 Å². The topological polar surface area (TPSA) is 61.9 Å². The highest BCUT2D eigenvalue weighted by atomic mass is 32.1. The SMILES string of the molecule is C=CC(=C/C)/C(C=C)=C(\C=C)c1nc(C#N)c(NS)o1.CC.CC. The van der Waals surface area contributed by atoms with Crippen LogP contribution >= 0.6 is 12.8 Å². The molecule has 0 aliphatic carbocycles. The molecule has 0 aromatic carbocycles. The molecule has 130 valence electrons. The third kappa shape index (κ3) is 5.98. The average Bonchev–Trinajstić information content (AvgIpc) is 3.08. The minimum absolute atomic E-state index is 0.124. The van der Waals surface area contributed by atoms with Crippen molar-refractivity contribution in [1.29, 1.82) is 5.26 Å². The predicted molar refractivity (Wildman–Crippen MR) is 108 cm³/mol. The highest BCUT2D eigenvalue weighted by molar-refractivity contribution is 7.81. The third-order valence-electron chi connectivity index (χ3n) is 2.61. The largest absolute Gasteiger partial charge is 0.418 e. The molecule has 0 aliphatic rings. The second-order valence-electron chi connectivity index (χ2n) is 3.60. The molecule has 1 heterocycles. The zero-order valence-electron chi connectivity index (χ0n) is 15.2. The number of thiol groups is 1. The first-order valence-corrected chi connectivity index (χ1v) is 8.21. The number of hydrogen-bond donors (Lipinski definition) is 2. The van der Waals surface area contributed by atoms with E-state index in [-0.39, 0.29) is 17.5 Å². The number of hydrogen-bond acceptors (Lipinski definition) is 5. The summed E-state index contributed by atoms with van der Waals surface area (Å²) in [5.74, 6) is 0.457. The van der Waals surface area contributed by atoms with Crippen LogP contribution in [-0.2, 0) is 0 Å². The fourth-order valence-corrected chi connectivity index (χ4v) is 1.82. The Morgan fingerprint density at radius 3 is 2.04 bits per heavy atom. The Balaban J connectivity index is 0. The van der Waals surface area contributed by atoms with Crippen molar-refractivity contribution in [3.05, 3.63) is 66.8 Å². The molecule has 0 radical (unpaired) electrons. The van der Waals surface area contributed by atoms with E-state index in [0.29, 0.717) is 5.57 Å². The van der Waals surface area contributed by atoms with E-state index in [1.165, 1.54) is 0 Å². The van der Waals surface area contributed by atoms with Crippen LogP contribution in [0, 0.1) is 11.3 Å². The molecule has 0 saturated carbocycles. The quantitative estimate of drug-likeness (QED) is 0.482. The van der Waals surface area contributed by atoms with Gasteiger partial charge in [-0.1, -0.05) is 84.6 Å². The minimum Gasteiger partial charge on any atom is -0.418 e. The number of anilines is 1. The molecule has 0 atom stereocenters. The van der Waals surface area contributed by atoms with E-state index in [0.717, 1.165) is 11.1 Å². The highest BCUT2D eigenvalue weighted by Crippen LogP contribution is 2.29. The number of allylic oxidation sites excluding steroid dienone is 7. The number of rotatable bonds is 6. The summed E-state index contributed by atoms with van der Waals surface area (Å²) >= 11 is 3.87. The van der Waals surface area contributed by atoms with Gasteiger partial charge in [-0.05, 0) is 18.1 Å². The summed E-state index contributed by atoms with van der Waals surface area (Å²) in [7, 11) is 0. The molecule has 0 fully saturated rings. The van der Waals surface area contributed by atoms with Crippen LogP contribution in [0.2, 0.25) is 0 Å². The zero-order valence-corrected chi connectivity index (χ0v) is 16.1. The smallest absolute Gasteiger partial charge is 0.242 e. The molecule has 0 unspecified atom stereocenters. The molecule has 0 spiro atoms. The molecule has 1 rings (SSSR count). The molecule has 1 aromatic heterocycles. The van der Waals surface area contributed by atoms with Gasteiger partial charge < -0.3 is 9.14 Å². The summed E-state index contributed by atoms with van der Waals surface area (Å²) < 4.78 is 7.96. The summed E-state index contributed by atoms with van der Waals surface area (Å²) in [6.45, 7) is 21.2. The van der Waals surface area contributed by atoms with Crippen LogP contribution in [0.4, 0.5) is 5.88 Å². The van der Waals surface area contributed by atoms with E-state index in [2.05, 4.69) is 42.3 Å². The lowest BCUT2D eigenvalue weighted by atomic mass is 9.99. The predicted octanol–water partition coefficient (Wildman–Crippen LogP) is 6.11. The van der Waals surface area contributed by atoms with Crippen molar-refractivity contribution < 1.29 is 4.42 Å². The lowest BCUT2D eigenvalue weighted by molar-refractivity contribution is 0.562. The number of nitriles is 1. The molecular formula is C19H27N3OS. The normalized spacial score (nSPS) is 10.6. The first-order chi connectivity index (χ1) is 11.7. The first kappa shape index (κ1) is 23.8. The Morgan fingerprint density at radius 2 is 1.75 bits per heavy atom. The lowest BCUT2D eigenvalue weighted by Gasteiger charge is -2.07. The van der Waals surface area contributed by atoms with Crippen molar-refractivity contribution in [2.45, 2.75) is 34.6 Å². The van der Waals surface area contributed by atoms with Gasteiger partial charge in [-0.3, -0.25) is 0 Å². The van der Waals surface area contributed by atoms with Gasteiger partial charge in [0, 0.05) is 5.57 Å². The summed E-state index contributed by atoms with van der Waals surface area (Å²) in [6.07, 6.45) is 6.85. The Kier molecular flexibility index (Phi) is 14.1. The van der Waals surface area contributed by atoms with Gasteiger partial charge in [-0.15, -0.1) is 0 Å². The fourth-order valence-electron chi connectivity index (χ4n) is 1.67. The Morgan fingerprint density at radius 1 is 1.17 bits per heavy atom. The van der Waals surface area contributed by atoms with Gasteiger partial charge in [0.2, 0.25) is 17.5 Å². The molecular weight excluding hydrogens is 318 g/mol. The summed E-state index contributed by atoms with van der Waals surface area (Å²) in [5, 5.41) is 8.98. The van der Waals surface area contributed by atoms with Crippen molar-refractivity contribution >= 4 is 24.3 Å². The van der Waals surface area contributed by atoms with Gasteiger partial charge in [-0.25, -0.2) is 0 Å². The number of nitrogens with one attached hydrogen (secondary N) is 1. The van der Waals surface area contributed by atoms with Crippen LogP contribution in [0.1, 0.15) is 46.2 Å². The van der Waals surface area contributed by atoms with Crippen molar-refractivity contribution in [2.75, 3.05) is 4.72 Å². The van der Waals surface area contributed by atoms with E-state index in [1.807, 2.05) is 46.8 Å². The maximum absolute atomic E-state index is 8.98. The summed E-state index contributed by atoms with van der Waals surface area (Å²) in [5.41, 5.74) is 2.39. The molecule has 24 heavy (non-hydrogen) atoms. The monoisotopic (exact) mass is 345 g/mol. The van der Waals surface area contributed by atoms with Crippen LogP contribution < -0.4 is 4.72 Å². The van der Waals surface area contributed by atoms with E-state index in [4.69, 9.17) is 9.68 Å². The Bertz CT molecular complexity index is 646. The molecule has 0 saturated heterocycles. The molecule has 5 heteroatoms. The van der Waals surface area contributed by atoms with Gasteiger partial charge in [0.05, 0.1) is 0 Å². The van der Waals surface area contributed by atoms with E-state index < -0.39 is 0 Å². The molecule has 1 N–H and O–H groups in total. The van der Waals surface area contributed by atoms with Crippen molar-refractivity contribution in [3.8, 4) is 6.07 Å². The van der Waals surface area contributed by atoms with Crippen LogP contribution in [0.25, 0.3) is 5.57 Å². The summed E-state index contributed by atoms with van der Waals surface area (Å²) in [6, 6.07) is 1.93. The molecule has 0 aliphatic heterocycles. The average molecular weight is 346 g/mol. The van der Waals surface area contributed by atoms with Gasteiger partial charge >= 0.3 is 0 Å². The minimum atomic E-state index is 0.124. The van der Waals surface area contributed by atoms with E-state index in [9.17, 15) is 0 Å². The lowest BCUT2D eigenvalue weighted by Crippen LogP contribution is -1.91. The van der Waals surface area contributed by atoms with Gasteiger partial charge in [0.25, 0.3) is 0 Å². The van der Waals surface area contributed by atoms with E-state index in [1.54, 1.807) is 18.2 Å². The van der Waals surface area contributed by atoms with Crippen LogP contribution in [0.3, 0.4) is 0 Å². The van der Waals surface area contributed by atoms with Crippen LogP contribution in [0.15, 0.2) is 59.6 Å². The molecule has 4 nitrogen and oxygen atoms in total. The Labute approximate surface area is 151 Å². The van der Waals surface area contributed by atoms with Gasteiger partial charge in [0.15, 0.2) is 0 Å². The maximum atomic E-state index is 8.98. The van der Waals surface area contributed by atoms with Crippen molar-refractivity contribution in [2.24, 2.45) is 0 Å². The standard InChI is InChI=1S/C15H15N3OS.2C2H6/c1-5-10(6-2)11(7-3)12(8-4)14-17-13(9-16)15(18-20)19-14;2*1-2/h5-8,18,20H,1,3-4H2,2H3;2*1-2H3/b10-6-,12-11+;;. The molecule has 1 aromatic rings. The zero-order chi connectivity index (χ0) is 19.1. The second kappa shape index (κ2) is 14.2. The number of nitrogens with zero attached hydrogens (tertiary/aromatic N) is 2. The summed E-state index contributed by atoms with van der Waals surface area (Å²) in [4.78, 5) is 4.11. The maximum Gasteiger partial charge on any atom is 0.242 e. The molecule has 0 bridgehead atoms. The highest BCUT2D eigenvalue weighted by Gasteiger charge is 2.16. The van der Waals surface area contributed by atoms with Crippen molar-refractivity contribution in [1.82, 2.24) is 4.98 Å². The number of aromatic nitrogens is 1. The van der Waals surface area contributed by atoms with Crippen LogP contribution in [0.5, 0.6) is 0 Å². The first-order valence-electron chi connectivity index (χ1n) is 7.76. The third-order valence-corrected chi connectivity index (χ3v) is 2.81. The Hall–Kier alpha value is -2.45. The molecule has 0 amide bonds. The van der Waals surface area contributed by atoms with Gasteiger partial charge in [-0.2, -0.15) is 10.2 Å². The van der Waals surface area contributed by atoms with Crippen molar-refractivity contribution in [3.63, 3.8) is 0 Å².